The molecule has 0 saturated carbocycles. The number of hydrogen-bond acceptors (Lipinski definition) is 3. The van der Waals surface area contributed by atoms with E-state index in [4.69, 9.17) is 4.42 Å². The molecule has 0 bridgehead atoms. The van der Waals surface area contributed by atoms with Crippen LogP contribution in [0.15, 0.2) is 16.5 Å². The van der Waals surface area contributed by atoms with Crippen molar-refractivity contribution in [1.82, 2.24) is 15.1 Å². The molecule has 3 rings (SSSR count). The van der Waals surface area contributed by atoms with Gasteiger partial charge in [0.05, 0.1) is 6.54 Å². The minimum Gasteiger partial charge on any atom is -0.465 e. The summed E-state index contributed by atoms with van der Waals surface area (Å²) < 4.78 is 31.9. The molecule has 1 aromatic rings. The fourth-order valence-corrected chi connectivity index (χ4v) is 3.52. The summed E-state index contributed by atoms with van der Waals surface area (Å²) in [5, 5.41) is 2.92. The molecule has 2 fully saturated rings. The zero-order valence-corrected chi connectivity index (χ0v) is 14.8. The summed E-state index contributed by atoms with van der Waals surface area (Å²) >= 11 is 0. The second-order valence-corrected chi connectivity index (χ2v) is 7.26. The normalized spacial score (nSPS) is 22.1. The van der Waals surface area contributed by atoms with Gasteiger partial charge in [-0.1, -0.05) is 0 Å². The van der Waals surface area contributed by atoms with E-state index in [1.807, 2.05) is 19.1 Å². The molecule has 0 unspecified atom stereocenters. The van der Waals surface area contributed by atoms with Crippen molar-refractivity contribution in [3.05, 3.63) is 23.7 Å². The SMILES string of the molecule is Cc1ccc(CN2CCC(CNC(=O)N3CCC(F)(F)CC3)CC2)o1. The van der Waals surface area contributed by atoms with Crippen molar-refractivity contribution in [2.24, 2.45) is 5.92 Å². The highest BCUT2D eigenvalue weighted by molar-refractivity contribution is 5.74. The number of alkyl halides is 2. The lowest BCUT2D eigenvalue weighted by atomic mass is 9.97. The lowest BCUT2D eigenvalue weighted by Gasteiger charge is -2.34. The van der Waals surface area contributed by atoms with Crippen LogP contribution in [0.5, 0.6) is 0 Å². The molecule has 1 aromatic heterocycles. The second-order valence-electron chi connectivity index (χ2n) is 7.26. The Labute approximate surface area is 147 Å². The average molecular weight is 355 g/mol. The van der Waals surface area contributed by atoms with Crippen molar-refractivity contribution in [3.8, 4) is 0 Å². The number of hydrogen-bond donors (Lipinski definition) is 1. The van der Waals surface area contributed by atoms with Crippen molar-refractivity contribution in [2.45, 2.75) is 45.1 Å². The first-order chi connectivity index (χ1) is 11.9. The Bertz CT molecular complexity index is 573. The zero-order valence-electron chi connectivity index (χ0n) is 14.8. The van der Waals surface area contributed by atoms with E-state index in [0.717, 1.165) is 44.0 Å². The molecule has 0 aromatic carbocycles. The molecule has 5 nitrogen and oxygen atoms in total. The van der Waals surface area contributed by atoms with Gasteiger partial charge in [0.25, 0.3) is 5.92 Å². The van der Waals surface area contributed by atoms with Gasteiger partial charge in [-0.2, -0.15) is 0 Å². The largest absolute Gasteiger partial charge is 0.465 e. The molecular formula is C18H27F2N3O2. The molecule has 2 amide bonds. The Morgan fingerprint density at radius 3 is 2.52 bits per heavy atom. The van der Waals surface area contributed by atoms with Crippen LogP contribution in [0, 0.1) is 12.8 Å². The number of furan rings is 1. The average Bonchev–Trinajstić information content (AvgIpc) is 2.99. The third-order valence-corrected chi connectivity index (χ3v) is 5.21. The Kier molecular flexibility index (Phi) is 5.61. The summed E-state index contributed by atoms with van der Waals surface area (Å²) in [7, 11) is 0. The van der Waals surface area contributed by atoms with Gasteiger partial charge in [0, 0.05) is 32.5 Å². The number of urea groups is 1. The van der Waals surface area contributed by atoms with Crippen LogP contribution in [0.3, 0.4) is 0 Å². The Morgan fingerprint density at radius 1 is 1.24 bits per heavy atom. The maximum absolute atomic E-state index is 13.1. The highest BCUT2D eigenvalue weighted by Gasteiger charge is 2.35. The Morgan fingerprint density at radius 2 is 1.92 bits per heavy atom. The second kappa shape index (κ2) is 7.72. The summed E-state index contributed by atoms with van der Waals surface area (Å²) in [4.78, 5) is 16.0. The van der Waals surface area contributed by atoms with E-state index in [1.54, 1.807) is 0 Å². The number of carbonyl (C=O) groups is 1. The monoisotopic (exact) mass is 355 g/mol. The molecule has 140 valence electrons. The third-order valence-electron chi connectivity index (χ3n) is 5.21. The van der Waals surface area contributed by atoms with Crippen LogP contribution < -0.4 is 5.32 Å². The van der Waals surface area contributed by atoms with Gasteiger partial charge in [-0.15, -0.1) is 0 Å². The van der Waals surface area contributed by atoms with Gasteiger partial charge in [0.2, 0.25) is 0 Å². The van der Waals surface area contributed by atoms with Gasteiger partial charge < -0.3 is 14.6 Å². The molecule has 1 N–H and O–H groups in total. The van der Waals surface area contributed by atoms with Crippen LogP contribution >= 0.6 is 0 Å². The fraction of sp³-hybridized carbons (Fsp3) is 0.722. The predicted molar refractivity (Wildman–Crippen MR) is 90.6 cm³/mol. The summed E-state index contributed by atoms with van der Waals surface area (Å²) in [6.07, 6.45) is 1.59. The smallest absolute Gasteiger partial charge is 0.317 e. The van der Waals surface area contributed by atoms with Gasteiger partial charge in [0.15, 0.2) is 0 Å². The first-order valence-electron chi connectivity index (χ1n) is 9.09. The van der Waals surface area contributed by atoms with Gasteiger partial charge in [0.1, 0.15) is 11.5 Å². The van der Waals surface area contributed by atoms with E-state index in [2.05, 4.69) is 10.2 Å². The van der Waals surface area contributed by atoms with E-state index < -0.39 is 5.92 Å². The molecular weight excluding hydrogens is 328 g/mol. The molecule has 0 aliphatic carbocycles. The summed E-state index contributed by atoms with van der Waals surface area (Å²) in [6, 6.07) is 3.79. The van der Waals surface area contributed by atoms with Crippen molar-refractivity contribution in [2.75, 3.05) is 32.7 Å². The van der Waals surface area contributed by atoms with E-state index in [-0.39, 0.29) is 32.0 Å². The molecule has 2 aliphatic heterocycles. The van der Waals surface area contributed by atoms with Crippen molar-refractivity contribution < 1.29 is 18.0 Å². The van der Waals surface area contributed by atoms with E-state index in [0.29, 0.717) is 12.5 Å². The van der Waals surface area contributed by atoms with Crippen molar-refractivity contribution in [1.29, 1.82) is 0 Å². The molecule has 7 heteroatoms. The molecule has 25 heavy (non-hydrogen) atoms. The molecule has 0 spiro atoms. The lowest BCUT2D eigenvalue weighted by Crippen LogP contribution is -2.48. The minimum atomic E-state index is -2.61. The van der Waals surface area contributed by atoms with Gasteiger partial charge in [-0.25, -0.2) is 13.6 Å². The number of rotatable bonds is 4. The van der Waals surface area contributed by atoms with Gasteiger partial charge >= 0.3 is 6.03 Å². The number of nitrogens with one attached hydrogen (secondary N) is 1. The van der Waals surface area contributed by atoms with E-state index in [9.17, 15) is 13.6 Å². The molecule has 0 atom stereocenters. The van der Waals surface area contributed by atoms with Crippen LogP contribution in [0.1, 0.15) is 37.2 Å². The van der Waals surface area contributed by atoms with E-state index in [1.165, 1.54) is 4.90 Å². The first-order valence-corrected chi connectivity index (χ1v) is 9.09. The Balaban J connectivity index is 1.34. The quantitative estimate of drug-likeness (QED) is 0.902. The van der Waals surface area contributed by atoms with Crippen LogP contribution in [0.4, 0.5) is 13.6 Å². The molecule has 2 aliphatic rings. The van der Waals surface area contributed by atoms with Crippen LogP contribution in [-0.2, 0) is 6.54 Å². The molecule has 0 radical (unpaired) electrons. The maximum Gasteiger partial charge on any atom is 0.317 e. The number of nitrogens with zero attached hydrogens (tertiary/aromatic N) is 2. The Hall–Kier alpha value is -1.63. The number of carbonyl (C=O) groups excluding carboxylic acids is 1. The summed E-state index contributed by atoms with van der Waals surface area (Å²) in [5.74, 6) is -0.241. The number of piperidine rings is 2. The van der Waals surface area contributed by atoms with Gasteiger partial charge in [-0.3, -0.25) is 4.90 Å². The highest BCUT2D eigenvalue weighted by atomic mass is 19.3. The number of amides is 2. The third kappa shape index (κ3) is 5.17. The van der Waals surface area contributed by atoms with Crippen molar-refractivity contribution in [3.63, 3.8) is 0 Å². The van der Waals surface area contributed by atoms with Gasteiger partial charge in [-0.05, 0) is 50.9 Å². The number of aryl methyl sites for hydroxylation is 1. The predicted octanol–water partition coefficient (Wildman–Crippen LogP) is 3.24. The number of halogens is 2. The number of likely N-dealkylation sites (tertiary alicyclic amines) is 2. The molecule has 3 heterocycles. The van der Waals surface area contributed by atoms with Crippen LogP contribution in [0.25, 0.3) is 0 Å². The standard InChI is InChI=1S/C18H27F2N3O2/c1-14-2-3-16(25-14)13-22-8-4-15(5-9-22)12-21-17(24)23-10-6-18(19,20)7-11-23/h2-3,15H,4-13H2,1H3,(H,21,24). The zero-order chi connectivity index (χ0) is 17.9. The first kappa shape index (κ1) is 18.2. The summed E-state index contributed by atoms with van der Waals surface area (Å²) in [6.45, 7) is 5.64. The minimum absolute atomic E-state index is 0.139. The van der Waals surface area contributed by atoms with Crippen LogP contribution in [-0.4, -0.2) is 54.5 Å². The summed E-state index contributed by atoms with van der Waals surface area (Å²) in [5.41, 5.74) is 0. The van der Waals surface area contributed by atoms with E-state index >= 15 is 0 Å². The fourth-order valence-electron chi connectivity index (χ4n) is 3.52. The van der Waals surface area contributed by atoms with Crippen molar-refractivity contribution >= 4 is 6.03 Å². The van der Waals surface area contributed by atoms with Crippen LogP contribution in [0.2, 0.25) is 0 Å². The maximum atomic E-state index is 13.1. The topological polar surface area (TPSA) is 48.7 Å². The highest BCUT2D eigenvalue weighted by Crippen LogP contribution is 2.27. The lowest BCUT2D eigenvalue weighted by molar-refractivity contribution is -0.0470. The molecule has 2 saturated heterocycles.